The number of rotatable bonds is 12. The van der Waals surface area contributed by atoms with Crippen molar-refractivity contribution >= 4 is 17.7 Å². The second-order valence-corrected chi connectivity index (χ2v) is 13.5. The molecule has 6 heteroatoms. The summed E-state index contributed by atoms with van der Waals surface area (Å²) in [4.78, 5) is 40.9. The third-order valence-electron chi connectivity index (χ3n) is 9.23. The van der Waals surface area contributed by atoms with E-state index < -0.39 is 21.8 Å². The van der Waals surface area contributed by atoms with E-state index >= 15 is 0 Å². The number of Topliss-reactive ketones (excluding diaryl/α,β-unsaturated/α-hetero) is 1. The predicted molar refractivity (Wildman–Crippen MR) is 146 cm³/mol. The molecule has 2 aliphatic rings. The Morgan fingerprint density at radius 2 is 1.46 bits per heavy atom. The largest absolute Gasteiger partial charge is 0.462 e. The number of ether oxygens (including phenoxy) is 2. The standard InChI is InChI=1S/C31H54O6/c1-9-22(25(33)28(4,5)6)20-30(8,27(35)37-31(11-3)18-12-13-19-31)21-29(7,10-2)26(34)36-24-16-14-23(32)15-17-24/h22-24,32H,9-21H2,1-8H3. The highest BCUT2D eigenvalue weighted by molar-refractivity contribution is 5.87. The molecule has 2 saturated carbocycles. The normalized spacial score (nSPS) is 26.0. The molecule has 0 amide bonds. The Hall–Kier alpha value is -1.43. The molecule has 0 spiro atoms. The van der Waals surface area contributed by atoms with Crippen LogP contribution in [0.3, 0.4) is 0 Å². The van der Waals surface area contributed by atoms with Gasteiger partial charge < -0.3 is 14.6 Å². The van der Waals surface area contributed by atoms with Gasteiger partial charge in [0.15, 0.2) is 0 Å². The number of aliphatic hydroxyl groups excluding tert-OH is 1. The van der Waals surface area contributed by atoms with Gasteiger partial charge in [-0.3, -0.25) is 14.4 Å². The SMILES string of the molecule is CCC(CC(C)(CC(C)(CC)C(=O)OC1CCC(O)CC1)C(=O)OC1(CC)CCCC1)C(=O)C(C)(C)C. The average Bonchev–Trinajstić information content (AvgIpc) is 3.31. The van der Waals surface area contributed by atoms with E-state index in [4.69, 9.17) is 9.47 Å². The van der Waals surface area contributed by atoms with Crippen LogP contribution in [0, 0.1) is 22.2 Å². The van der Waals surface area contributed by atoms with Crippen LogP contribution in [0.4, 0.5) is 0 Å². The zero-order valence-electron chi connectivity index (χ0n) is 24.9. The molecule has 2 rings (SSSR count). The van der Waals surface area contributed by atoms with E-state index in [9.17, 15) is 19.5 Å². The van der Waals surface area contributed by atoms with Crippen LogP contribution in [0.1, 0.15) is 139 Å². The highest BCUT2D eigenvalue weighted by Crippen LogP contribution is 2.47. The summed E-state index contributed by atoms with van der Waals surface area (Å²) in [5, 5.41) is 9.83. The highest BCUT2D eigenvalue weighted by atomic mass is 16.6. The molecule has 0 aliphatic heterocycles. The number of hydrogen-bond donors (Lipinski definition) is 1. The van der Waals surface area contributed by atoms with Gasteiger partial charge in [-0.05, 0) is 97.3 Å². The van der Waals surface area contributed by atoms with E-state index in [0.29, 0.717) is 44.9 Å². The van der Waals surface area contributed by atoms with Crippen molar-refractivity contribution in [3.8, 4) is 0 Å². The van der Waals surface area contributed by atoms with Gasteiger partial charge in [0.1, 0.15) is 17.5 Å². The third kappa shape index (κ3) is 8.03. The maximum Gasteiger partial charge on any atom is 0.312 e. The summed E-state index contributed by atoms with van der Waals surface area (Å²) in [6.45, 7) is 15.6. The van der Waals surface area contributed by atoms with Gasteiger partial charge in [-0.15, -0.1) is 0 Å². The van der Waals surface area contributed by atoms with Crippen molar-refractivity contribution in [2.24, 2.45) is 22.2 Å². The summed E-state index contributed by atoms with van der Waals surface area (Å²) in [6.07, 6.45) is 8.45. The molecule has 1 N–H and O–H groups in total. The van der Waals surface area contributed by atoms with Gasteiger partial charge in [0.2, 0.25) is 0 Å². The van der Waals surface area contributed by atoms with Crippen LogP contribution in [0.25, 0.3) is 0 Å². The molecule has 0 saturated heterocycles. The summed E-state index contributed by atoms with van der Waals surface area (Å²) < 4.78 is 12.3. The quantitative estimate of drug-likeness (QED) is 0.279. The van der Waals surface area contributed by atoms with Crippen molar-refractivity contribution in [2.45, 2.75) is 157 Å². The average molecular weight is 523 g/mol. The molecule has 0 heterocycles. The maximum absolute atomic E-state index is 14.0. The molecule has 2 aliphatic carbocycles. The Morgan fingerprint density at radius 1 is 0.892 bits per heavy atom. The molecule has 2 fully saturated rings. The Morgan fingerprint density at radius 3 is 1.92 bits per heavy atom. The summed E-state index contributed by atoms with van der Waals surface area (Å²) in [5.74, 6) is -0.737. The van der Waals surface area contributed by atoms with E-state index in [1.54, 1.807) is 0 Å². The Labute approximate surface area is 225 Å². The second-order valence-electron chi connectivity index (χ2n) is 13.5. The van der Waals surface area contributed by atoms with Crippen molar-refractivity contribution in [2.75, 3.05) is 0 Å². The molecule has 0 radical (unpaired) electrons. The van der Waals surface area contributed by atoms with Crippen LogP contribution in [-0.4, -0.2) is 40.6 Å². The van der Waals surface area contributed by atoms with Gasteiger partial charge in [-0.25, -0.2) is 0 Å². The first kappa shape index (κ1) is 31.8. The fourth-order valence-electron chi connectivity index (χ4n) is 6.33. The lowest BCUT2D eigenvalue weighted by Gasteiger charge is -2.41. The lowest BCUT2D eigenvalue weighted by molar-refractivity contribution is -0.179. The molecule has 3 atom stereocenters. The molecular weight excluding hydrogens is 468 g/mol. The molecule has 0 aromatic carbocycles. The Kier molecular flexibility index (Phi) is 10.8. The summed E-state index contributed by atoms with van der Waals surface area (Å²) in [6, 6.07) is 0. The highest BCUT2D eigenvalue weighted by Gasteiger charge is 2.50. The zero-order chi connectivity index (χ0) is 28.1. The number of hydrogen-bond acceptors (Lipinski definition) is 6. The van der Waals surface area contributed by atoms with E-state index in [0.717, 1.165) is 32.1 Å². The summed E-state index contributed by atoms with van der Waals surface area (Å²) in [5.41, 5.74) is -2.85. The second kappa shape index (κ2) is 12.6. The first-order valence-electron chi connectivity index (χ1n) is 14.8. The van der Waals surface area contributed by atoms with E-state index in [1.165, 1.54) is 0 Å². The number of carbonyl (C=O) groups excluding carboxylic acids is 3. The third-order valence-corrected chi connectivity index (χ3v) is 9.23. The first-order chi connectivity index (χ1) is 17.1. The minimum atomic E-state index is -1.00. The number of aliphatic hydroxyl groups is 1. The Balaban J connectivity index is 2.35. The molecule has 0 bridgehead atoms. The number of ketones is 1. The molecule has 0 aromatic rings. The van der Waals surface area contributed by atoms with Crippen molar-refractivity contribution in [3.63, 3.8) is 0 Å². The monoisotopic (exact) mass is 522 g/mol. The van der Waals surface area contributed by atoms with Crippen LogP contribution in [0.2, 0.25) is 0 Å². The van der Waals surface area contributed by atoms with Gasteiger partial charge in [0.25, 0.3) is 0 Å². The van der Waals surface area contributed by atoms with E-state index in [-0.39, 0.29) is 42.3 Å². The molecule has 0 aromatic heterocycles. The number of carbonyl (C=O) groups is 3. The molecular formula is C31H54O6. The van der Waals surface area contributed by atoms with Gasteiger partial charge in [0.05, 0.1) is 16.9 Å². The molecule has 3 unspecified atom stereocenters. The molecule has 6 nitrogen and oxygen atoms in total. The number of esters is 2. The zero-order valence-corrected chi connectivity index (χ0v) is 24.9. The van der Waals surface area contributed by atoms with Crippen LogP contribution in [-0.2, 0) is 23.9 Å². The lowest BCUT2D eigenvalue weighted by atomic mass is 9.65. The fourth-order valence-corrected chi connectivity index (χ4v) is 6.33. The summed E-state index contributed by atoms with van der Waals surface area (Å²) >= 11 is 0. The van der Waals surface area contributed by atoms with Gasteiger partial charge in [-0.2, -0.15) is 0 Å². The van der Waals surface area contributed by atoms with Crippen molar-refractivity contribution in [3.05, 3.63) is 0 Å². The lowest BCUT2D eigenvalue weighted by Crippen LogP contribution is -2.46. The van der Waals surface area contributed by atoms with E-state index in [2.05, 4.69) is 6.92 Å². The summed E-state index contributed by atoms with van der Waals surface area (Å²) in [7, 11) is 0. The van der Waals surface area contributed by atoms with Gasteiger partial charge in [0, 0.05) is 11.3 Å². The Bertz CT molecular complexity index is 784. The minimum absolute atomic E-state index is 0.140. The van der Waals surface area contributed by atoms with E-state index in [1.807, 2.05) is 48.5 Å². The predicted octanol–water partition coefficient (Wildman–Crippen LogP) is 6.94. The van der Waals surface area contributed by atoms with Crippen LogP contribution >= 0.6 is 0 Å². The van der Waals surface area contributed by atoms with Crippen LogP contribution < -0.4 is 0 Å². The molecule has 37 heavy (non-hydrogen) atoms. The van der Waals surface area contributed by atoms with Gasteiger partial charge >= 0.3 is 11.9 Å². The molecule has 214 valence electrons. The van der Waals surface area contributed by atoms with Crippen molar-refractivity contribution in [1.29, 1.82) is 0 Å². The van der Waals surface area contributed by atoms with Gasteiger partial charge in [-0.1, -0.05) is 41.5 Å². The topological polar surface area (TPSA) is 89.9 Å². The van der Waals surface area contributed by atoms with Crippen molar-refractivity contribution in [1.82, 2.24) is 0 Å². The fraction of sp³-hybridized carbons (Fsp3) is 0.903. The first-order valence-corrected chi connectivity index (χ1v) is 14.8. The maximum atomic E-state index is 14.0. The minimum Gasteiger partial charge on any atom is -0.462 e. The van der Waals surface area contributed by atoms with Crippen LogP contribution in [0.5, 0.6) is 0 Å². The smallest absolute Gasteiger partial charge is 0.312 e. The van der Waals surface area contributed by atoms with Crippen LogP contribution in [0.15, 0.2) is 0 Å². The van der Waals surface area contributed by atoms with Crippen molar-refractivity contribution < 1.29 is 29.0 Å².